The Bertz CT molecular complexity index is 497. The van der Waals surface area contributed by atoms with Crippen molar-refractivity contribution in [3.8, 4) is 5.88 Å². The lowest BCUT2D eigenvalue weighted by molar-refractivity contribution is 0.326. The molecule has 0 bridgehead atoms. The molecule has 0 unspecified atom stereocenters. The molecule has 0 amide bonds. The van der Waals surface area contributed by atoms with Crippen LogP contribution in [0.1, 0.15) is 12.5 Å². The highest BCUT2D eigenvalue weighted by molar-refractivity contribution is 5.27. The van der Waals surface area contributed by atoms with Crippen LogP contribution in [-0.4, -0.2) is 32.9 Å². The normalized spacial score (nSPS) is 10.3. The van der Waals surface area contributed by atoms with Crippen LogP contribution >= 0.6 is 0 Å². The summed E-state index contributed by atoms with van der Waals surface area (Å²) >= 11 is 0. The monoisotopic (exact) mass is 247 g/mol. The molecule has 6 nitrogen and oxygen atoms in total. The van der Waals surface area contributed by atoms with Crippen molar-refractivity contribution in [2.45, 2.75) is 13.3 Å². The average Bonchev–Trinajstić information content (AvgIpc) is 2.76. The van der Waals surface area contributed by atoms with Gasteiger partial charge in [0.05, 0.1) is 12.8 Å². The molecule has 1 N–H and O–H groups in total. The predicted octanol–water partition coefficient (Wildman–Crippen LogP) is 1.26. The first kappa shape index (κ1) is 12.3. The molecule has 0 saturated carbocycles. The van der Waals surface area contributed by atoms with Gasteiger partial charge in [0.1, 0.15) is 0 Å². The van der Waals surface area contributed by atoms with Crippen LogP contribution in [0.5, 0.6) is 5.88 Å². The minimum absolute atomic E-state index is 0.588. The molecule has 0 aliphatic carbocycles. The van der Waals surface area contributed by atoms with Gasteiger partial charge in [-0.2, -0.15) is 10.1 Å². The molecule has 6 heteroatoms. The Balaban J connectivity index is 1.84. The highest BCUT2D eigenvalue weighted by atomic mass is 16.5. The van der Waals surface area contributed by atoms with Gasteiger partial charge in [0.2, 0.25) is 11.8 Å². The number of rotatable bonds is 6. The zero-order valence-corrected chi connectivity index (χ0v) is 10.6. The summed E-state index contributed by atoms with van der Waals surface area (Å²) in [5.74, 6) is 1.18. The summed E-state index contributed by atoms with van der Waals surface area (Å²) in [5, 5.41) is 7.28. The maximum Gasteiger partial charge on any atom is 0.225 e. The smallest absolute Gasteiger partial charge is 0.225 e. The third kappa shape index (κ3) is 3.44. The van der Waals surface area contributed by atoms with E-state index in [4.69, 9.17) is 4.74 Å². The van der Waals surface area contributed by atoms with E-state index in [9.17, 15) is 0 Å². The topological polar surface area (TPSA) is 64.9 Å². The fraction of sp³-hybridized carbons (Fsp3) is 0.417. The van der Waals surface area contributed by atoms with Crippen molar-refractivity contribution in [3.05, 3.63) is 30.2 Å². The number of hydrogen-bond donors (Lipinski definition) is 1. The first-order valence-electron chi connectivity index (χ1n) is 5.95. The van der Waals surface area contributed by atoms with Crippen LogP contribution in [0.3, 0.4) is 0 Å². The van der Waals surface area contributed by atoms with E-state index in [0.29, 0.717) is 18.4 Å². The molecular formula is C12H17N5O. The molecule has 0 fully saturated rings. The Morgan fingerprint density at radius 3 is 3.06 bits per heavy atom. The van der Waals surface area contributed by atoms with E-state index in [1.54, 1.807) is 16.9 Å². The van der Waals surface area contributed by atoms with E-state index in [-0.39, 0.29) is 0 Å². The zero-order valence-electron chi connectivity index (χ0n) is 10.6. The van der Waals surface area contributed by atoms with Crippen LogP contribution in [-0.2, 0) is 13.5 Å². The fourth-order valence-corrected chi connectivity index (χ4v) is 1.58. The van der Waals surface area contributed by atoms with E-state index < -0.39 is 0 Å². The lowest BCUT2D eigenvalue weighted by Gasteiger charge is -2.05. The standard InChI is InChI=1S/C12H17N5O/c1-3-18-11-5-7-14-12(16-11)13-6-4-10-8-15-17(2)9-10/h5,7-9H,3-4,6H2,1-2H3,(H,13,14,16). The van der Waals surface area contributed by atoms with E-state index in [1.807, 2.05) is 26.4 Å². The zero-order chi connectivity index (χ0) is 12.8. The maximum absolute atomic E-state index is 5.31. The van der Waals surface area contributed by atoms with Crippen LogP contribution in [0.2, 0.25) is 0 Å². The largest absolute Gasteiger partial charge is 0.478 e. The molecule has 0 spiro atoms. The number of nitrogens with one attached hydrogen (secondary N) is 1. The predicted molar refractivity (Wildman–Crippen MR) is 68.6 cm³/mol. The van der Waals surface area contributed by atoms with Crippen LogP contribution in [0.15, 0.2) is 24.7 Å². The summed E-state index contributed by atoms with van der Waals surface area (Å²) < 4.78 is 7.10. The molecule has 96 valence electrons. The fourth-order valence-electron chi connectivity index (χ4n) is 1.58. The van der Waals surface area contributed by atoms with Crippen LogP contribution in [0.25, 0.3) is 0 Å². The van der Waals surface area contributed by atoms with E-state index in [0.717, 1.165) is 13.0 Å². The Morgan fingerprint density at radius 1 is 1.44 bits per heavy atom. The number of aryl methyl sites for hydroxylation is 1. The maximum atomic E-state index is 5.31. The molecular weight excluding hydrogens is 230 g/mol. The SMILES string of the molecule is CCOc1ccnc(NCCc2cnn(C)c2)n1. The molecule has 0 aliphatic rings. The molecule has 0 aromatic carbocycles. The number of ether oxygens (including phenoxy) is 1. The van der Waals surface area contributed by atoms with E-state index in [2.05, 4.69) is 20.4 Å². The van der Waals surface area contributed by atoms with Crippen LogP contribution in [0.4, 0.5) is 5.95 Å². The van der Waals surface area contributed by atoms with Gasteiger partial charge in [0.25, 0.3) is 0 Å². The molecule has 0 aliphatic heterocycles. The molecule has 2 rings (SSSR count). The second-order valence-electron chi connectivity index (χ2n) is 3.85. The number of anilines is 1. The molecule has 0 saturated heterocycles. The lowest BCUT2D eigenvalue weighted by Crippen LogP contribution is -2.08. The summed E-state index contributed by atoms with van der Waals surface area (Å²) in [6.45, 7) is 3.30. The number of aromatic nitrogens is 4. The van der Waals surface area contributed by atoms with Gasteiger partial charge in [-0.05, 0) is 18.9 Å². The van der Waals surface area contributed by atoms with Gasteiger partial charge >= 0.3 is 0 Å². The van der Waals surface area contributed by atoms with Crippen molar-refractivity contribution in [3.63, 3.8) is 0 Å². The Labute approximate surface area is 106 Å². The van der Waals surface area contributed by atoms with Crippen molar-refractivity contribution in [1.29, 1.82) is 0 Å². The van der Waals surface area contributed by atoms with E-state index in [1.165, 1.54) is 5.56 Å². The Morgan fingerprint density at radius 2 is 2.33 bits per heavy atom. The van der Waals surface area contributed by atoms with Gasteiger partial charge in [-0.1, -0.05) is 0 Å². The van der Waals surface area contributed by atoms with Gasteiger partial charge in [-0.25, -0.2) is 4.98 Å². The molecule has 2 heterocycles. The van der Waals surface area contributed by atoms with E-state index >= 15 is 0 Å². The average molecular weight is 247 g/mol. The van der Waals surface area contributed by atoms with Crippen molar-refractivity contribution in [2.75, 3.05) is 18.5 Å². The Kier molecular flexibility index (Phi) is 4.11. The van der Waals surface area contributed by atoms with Gasteiger partial charge in [0.15, 0.2) is 0 Å². The molecule has 0 atom stereocenters. The quantitative estimate of drug-likeness (QED) is 0.832. The minimum atomic E-state index is 0.588. The van der Waals surface area contributed by atoms with Crippen molar-refractivity contribution in [2.24, 2.45) is 7.05 Å². The van der Waals surface area contributed by atoms with Gasteiger partial charge in [-0.3, -0.25) is 4.68 Å². The Hall–Kier alpha value is -2.11. The molecule has 0 radical (unpaired) electrons. The van der Waals surface area contributed by atoms with Gasteiger partial charge in [-0.15, -0.1) is 0 Å². The third-order valence-corrected chi connectivity index (χ3v) is 2.38. The molecule has 2 aromatic heterocycles. The van der Waals surface area contributed by atoms with Crippen molar-refractivity contribution >= 4 is 5.95 Å². The number of nitrogens with zero attached hydrogens (tertiary/aromatic N) is 4. The first-order valence-corrected chi connectivity index (χ1v) is 5.95. The summed E-state index contributed by atoms with van der Waals surface area (Å²) in [4.78, 5) is 8.37. The summed E-state index contributed by atoms with van der Waals surface area (Å²) in [6, 6.07) is 1.75. The summed E-state index contributed by atoms with van der Waals surface area (Å²) in [7, 11) is 1.91. The summed E-state index contributed by atoms with van der Waals surface area (Å²) in [6.07, 6.45) is 6.43. The molecule has 18 heavy (non-hydrogen) atoms. The highest BCUT2D eigenvalue weighted by Gasteiger charge is 2.00. The van der Waals surface area contributed by atoms with Gasteiger partial charge < -0.3 is 10.1 Å². The molecule has 2 aromatic rings. The van der Waals surface area contributed by atoms with Crippen molar-refractivity contribution < 1.29 is 4.74 Å². The third-order valence-electron chi connectivity index (χ3n) is 2.38. The first-order chi connectivity index (χ1) is 8.78. The summed E-state index contributed by atoms with van der Waals surface area (Å²) in [5.41, 5.74) is 1.19. The second-order valence-corrected chi connectivity index (χ2v) is 3.85. The van der Waals surface area contributed by atoms with Crippen LogP contribution in [0, 0.1) is 0 Å². The second kappa shape index (κ2) is 6.00. The van der Waals surface area contributed by atoms with Crippen molar-refractivity contribution in [1.82, 2.24) is 19.7 Å². The lowest BCUT2D eigenvalue weighted by atomic mass is 10.2. The van der Waals surface area contributed by atoms with Gasteiger partial charge in [0, 0.05) is 32.1 Å². The van der Waals surface area contributed by atoms with Crippen LogP contribution < -0.4 is 10.1 Å². The minimum Gasteiger partial charge on any atom is -0.478 e. The highest BCUT2D eigenvalue weighted by Crippen LogP contribution is 2.08. The number of hydrogen-bond acceptors (Lipinski definition) is 5.